The second-order valence-corrected chi connectivity index (χ2v) is 4.82. The normalized spacial score (nSPS) is 12.6. The molecule has 5 heteroatoms. The number of amides is 2. The number of carbonyl (C=O) groups excluding carboxylic acids is 1. The molecule has 1 atom stereocenters. The van der Waals surface area contributed by atoms with Gasteiger partial charge in [-0.3, -0.25) is 4.79 Å². The Morgan fingerprint density at radius 2 is 1.76 bits per heavy atom. The van der Waals surface area contributed by atoms with E-state index in [0.29, 0.717) is 5.92 Å². The van der Waals surface area contributed by atoms with Crippen molar-refractivity contribution in [1.82, 2.24) is 10.2 Å². The van der Waals surface area contributed by atoms with Crippen molar-refractivity contribution in [2.75, 3.05) is 6.54 Å². The minimum Gasteiger partial charge on any atom is -0.480 e. The predicted octanol–water partition coefficient (Wildman–Crippen LogP) is 1.93. The molecule has 0 aromatic carbocycles. The lowest BCUT2D eigenvalue weighted by Gasteiger charge is -2.29. The van der Waals surface area contributed by atoms with Gasteiger partial charge in [0.25, 0.3) is 0 Å². The van der Waals surface area contributed by atoms with Gasteiger partial charge in [0.15, 0.2) is 0 Å². The Morgan fingerprint density at radius 3 is 2.06 bits per heavy atom. The first kappa shape index (κ1) is 15.7. The van der Waals surface area contributed by atoms with Gasteiger partial charge < -0.3 is 15.3 Å². The molecule has 0 radical (unpaired) electrons. The average molecular weight is 244 g/mol. The Hall–Kier alpha value is -1.26. The summed E-state index contributed by atoms with van der Waals surface area (Å²) in [7, 11) is 0. The summed E-state index contributed by atoms with van der Waals surface area (Å²) in [6.45, 7) is 9.41. The van der Waals surface area contributed by atoms with Crippen LogP contribution in [0.2, 0.25) is 0 Å². The summed E-state index contributed by atoms with van der Waals surface area (Å²) >= 11 is 0. The highest BCUT2D eigenvalue weighted by Gasteiger charge is 2.22. The molecule has 2 amide bonds. The highest BCUT2D eigenvalue weighted by molar-refractivity contribution is 5.80. The van der Waals surface area contributed by atoms with Gasteiger partial charge in [0.05, 0.1) is 0 Å². The molecule has 100 valence electrons. The maximum absolute atomic E-state index is 11.9. The van der Waals surface area contributed by atoms with E-state index >= 15 is 0 Å². The minimum atomic E-state index is -0.994. The van der Waals surface area contributed by atoms with Crippen LogP contribution in [-0.2, 0) is 4.79 Å². The lowest BCUT2D eigenvalue weighted by atomic mass is 10.0. The van der Waals surface area contributed by atoms with Crippen LogP contribution >= 0.6 is 0 Å². The highest BCUT2D eigenvalue weighted by atomic mass is 16.4. The van der Waals surface area contributed by atoms with Crippen molar-refractivity contribution < 1.29 is 14.7 Å². The highest BCUT2D eigenvalue weighted by Crippen LogP contribution is 2.07. The van der Waals surface area contributed by atoms with Crippen molar-refractivity contribution in [2.45, 2.75) is 53.1 Å². The Labute approximate surface area is 103 Å². The summed E-state index contributed by atoms with van der Waals surface area (Å²) in [4.78, 5) is 24.0. The SMILES string of the molecule is CCC(NC(=O)N(CC(=O)O)C(C)C)C(C)C. The number of nitrogens with one attached hydrogen (secondary N) is 1. The topological polar surface area (TPSA) is 69.6 Å². The largest absolute Gasteiger partial charge is 0.480 e. The third kappa shape index (κ3) is 5.56. The van der Waals surface area contributed by atoms with Crippen molar-refractivity contribution >= 4 is 12.0 Å². The van der Waals surface area contributed by atoms with Gasteiger partial charge in [-0.05, 0) is 26.2 Å². The molecule has 0 rings (SSSR count). The molecule has 0 aliphatic carbocycles. The number of hydrogen-bond acceptors (Lipinski definition) is 2. The van der Waals surface area contributed by atoms with Gasteiger partial charge in [-0.2, -0.15) is 0 Å². The van der Waals surface area contributed by atoms with Crippen molar-refractivity contribution in [3.63, 3.8) is 0 Å². The molecule has 0 aromatic rings. The first-order valence-electron chi connectivity index (χ1n) is 6.08. The van der Waals surface area contributed by atoms with E-state index in [0.717, 1.165) is 6.42 Å². The van der Waals surface area contributed by atoms with Crippen molar-refractivity contribution in [2.24, 2.45) is 5.92 Å². The molecule has 0 saturated carbocycles. The summed E-state index contributed by atoms with van der Waals surface area (Å²) in [5, 5.41) is 11.6. The summed E-state index contributed by atoms with van der Waals surface area (Å²) in [5.41, 5.74) is 0. The Kier molecular flexibility index (Phi) is 6.61. The molecular weight excluding hydrogens is 220 g/mol. The van der Waals surface area contributed by atoms with Gasteiger partial charge in [-0.25, -0.2) is 4.79 Å². The molecule has 1 unspecified atom stereocenters. The van der Waals surface area contributed by atoms with Crippen LogP contribution < -0.4 is 5.32 Å². The molecular formula is C12H24N2O3. The molecule has 0 aliphatic rings. The van der Waals surface area contributed by atoms with E-state index in [1.165, 1.54) is 4.90 Å². The van der Waals surface area contributed by atoms with Crippen LogP contribution in [0.5, 0.6) is 0 Å². The quantitative estimate of drug-likeness (QED) is 0.750. The molecule has 5 nitrogen and oxygen atoms in total. The van der Waals surface area contributed by atoms with Gasteiger partial charge in [-0.15, -0.1) is 0 Å². The van der Waals surface area contributed by atoms with Gasteiger partial charge >= 0.3 is 12.0 Å². The predicted molar refractivity (Wildman–Crippen MR) is 66.9 cm³/mol. The minimum absolute atomic E-state index is 0.0811. The van der Waals surface area contributed by atoms with Gasteiger partial charge in [0, 0.05) is 12.1 Å². The van der Waals surface area contributed by atoms with Crippen LogP contribution in [0.15, 0.2) is 0 Å². The van der Waals surface area contributed by atoms with E-state index in [-0.39, 0.29) is 24.7 Å². The van der Waals surface area contributed by atoms with Gasteiger partial charge in [-0.1, -0.05) is 20.8 Å². The van der Waals surface area contributed by atoms with Gasteiger partial charge in [0.2, 0.25) is 0 Å². The number of nitrogens with zero attached hydrogens (tertiary/aromatic N) is 1. The van der Waals surface area contributed by atoms with Crippen LogP contribution in [0.1, 0.15) is 41.0 Å². The summed E-state index contributed by atoms with van der Waals surface area (Å²) in [5.74, 6) is -0.658. The smallest absolute Gasteiger partial charge is 0.323 e. The number of hydrogen-bond donors (Lipinski definition) is 2. The van der Waals surface area contributed by atoms with E-state index in [9.17, 15) is 9.59 Å². The zero-order valence-electron chi connectivity index (χ0n) is 11.4. The van der Waals surface area contributed by atoms with Crippen LogP contribution in [0.25, 0.3) is 0 Å². The Balaban J connectivity index is 4.56. The van der Waals surface area contributed by atoms with Crippen LogP contribution in [0.4, 0.5) is 4.79 Å². The van der Waals surface area contributed by atoms with E-state index in [1.54, 1.807) is 13.8 Å². The molecule has 0 heterocycles. The fourth-order valence-corrected chi connectivity index (χ4v) is 1.62. The zero-order valence-corrected chi connectivity index (χ0v) is 11.4. The van der Waals surface area contributed by atoms with E-state index in [2.05, 4.69) is 5.32 Å². The molecule has 17 heavy (non-hydrogen) atoms. The fourth-order valence-electron chi connectivity index (χ4n) is 1.62. The van der Waals surface area contributed by atoms with Gasteiger partial charge in [0.1, 0.15) is 6.54 Å². The number of aliphatic carboxylic acids is 1. The Bertz CT molecular complexity index is 264. The second kappa shape index (κ2) is 7.14. The average Bonchev–Trinajstić information content (AvgIpc) is 2.20. The third-order valence-corrected chi connectivity index (χ3v) is 2.74. The van der Waals surface area contributed by atoms with Crippen LogP contribution in [-0.4, -0.2) is 40.6 Å². The van der Waals surface area contributed by atoms with Crippen molar-refractivity contribution in [3.05, 3.63) is 0 Å². The van der Waals surface area contributed by atoms with Crippen molar-refractivity contribution in [1.29, 1.82) is 0 Å². The van der Waals surface area contributed by atoms with Crippen LogP contribution in [0.3, 0.4) is 0 Å². The monoisotopic (exact) mass is 244 g/mol. The second-order valence-electron chi connectivity index (χ2n) is 4.82. The lowest BCUT2D eigenvalue weighted by molar-refractivity contribution is -0.138. The maximum atomic E-state index is 11.9. The summed E-state index contributed by atoms with van der Waals surface area (Å²) < 4.78 is 0. The fraction of sp³-hybridized carbons (Fsp3) is 0.833. The molecule has 0 saturated heterocycles. The molecule has 0 fully saturated rings. The number of carbonyl (C=O) groups is 2. The van der Waals surface area contributed by atoms with E-state index in [1.807, 2.05) is 20.8 Å². The zero-order chi connectivity index (χ0) is 13.6. The first-order valence-corrected chi connectivity index (χ1v) is 6.08. The summed E-state index contributed by atoms with van der Waals surface area (Å²) in [6.07, 6.45) is 0.836. The van der Waals surface area contributed by atoms with Crippen LogP contribution in [0, 0.1) is 5.92 Å². The first-order chi connectivity index (χ1) is 7.79. The molecule has 0 bridgehead atoms. The van der Waals surface area contributed by atoms with Crippen molar-refractivity contribution in [3.8, 4) is 0 Å². The number of carboxylic acids is 1. The molecule has 2 N–H and O–H groups in total. The molecule has 0 spiro atoms. The molecule has 0 aliphatic heterocycles. The number of urea groups is 1. The Morgan fingerprint density at radius 1 is 1.24 bits per heavy atom. The number of carboxylic acid groups (broad SMARTS) is 1. The van der Waals surface area contributed by atoms with E-state index < -0.39 is 5.97 Å². The van der Waals surface area contributed by atoms with E-state index in [4.69, 9.17) is 5.11 Å². The lowest BCUT2D eigenvalue weighted by Crippen LogP contribution is -2.50. The third-order valence-electron chi connectivity index (χ3n) is 2.74. The number of rotatable bonds is 6. The maximum Gasteiger partial charge on any atom is 0.323 e. The molecule has 0 aromatic heterocycles. The summed E-state index contributed by atoms with van der Waals surface area (Å²) in [6, 6.07) is -0.351. The standard InChI is InChI=1S/C12H24N2O3/c1-6-10(8(2)3)13-12(17)14(9(4)5)7-11(15)16/h8-10H,6-7H2,1-5H3,(H,13,17)(H,15,16).